The molecule has 1 heterocycles. The Labute approximate surface area is 185 Å². The normalized spacial score (nSPS) is 10.3. The first-order valence-corrected chi connectivity index (χ1v) is 10.4. The summed E-state index contributed by atoms with van der Waals surface area (Å²) >= 11 is 6.97. The molecular weight excluding hydrogens is 500 g/mol. The summed E-state index contributed by atoms with van der Waals surface area (Å²) in [5, 5.41) is 8.40. The third-order valence-corrected chi connectivity index (χ3v) is 5.58. The summed E-state index contributed by atoms with van der Waals surface area (Å²) in [7, 11) is 0. The van der Waals surface area contributed by atoms with Crippen molar-refractivity contribution in [1.29, 1.82) is 0 Å². The minimum absolute atomic E-state index is 0.193. The minimum Gasteiger partial charge on any atom is -0.348 e. The molecule has 0 spiro atoms. The third-order valence-electron chi connectivity index (χ3n) is 4.09. The topological polar surface area (TPSA) is 83.1 Å². The molecule has 0 aliphatic heterocycles. The van der Waals surface area contributed by atoms with Crippen LogP contribution in [0.25, 0.3) is 0 Å². The number of carbonyl (C=O) groups excluding carboxylic acids is 2. The molecule has 0 atom stereocenters. The molecule has 29 heavy (non-hydrogen) atoms. The van der Waals surface area contributed by atoms with Gasteiger partial charge in [-0.3, -0.25) is 9.78 Å². The fourth-order valence-corrected chi connectivity index (χ4v) is 3.81. The first-order chi connectivity index (χ1) is 14.0. The largest absolute Gasteiger partial charge is 0.348 e. The van der Waals surface area contributed by atoms with Crippen LogP contribution in [0.1, 0.15) is 21.5 Å². The summed E-state index contributed by atoms with van der Waals surface area (Å²) in [6.07, 6.45) is 3.35. The van der Waals surface area contributed by atoms with E-state index >= 15 is 0 Å². The van der Waals surface area contributed by atoms with Crippen LogP contribution in [0, 0.1) is 0 Å². The summed E-state index contributed by atoms with van der Waals surface area (Å²) < 4.78 is 1.84. The second kappa shape index (κ2) is 10.2. The molecule has 148 valence electrons. The molecule has 0 saturated heterocycles. The number of nitrogens with one attached hydrogen (secondary N) is 3. The molecule has 0 aliphatic rings. The molecule has 8 heteroatoms. The van der Waals surface area contributed by atoms with Crippen molar-refractivity contribution in [3.63, 3.8) is 0 Å². The smallest absolute Gasteiger partial charge is 0.319 e. The van der Waals surface area contributed by atoms with Crippen LogP contribution in [0.3, 0.4) is 0 Å². The lowest BCUT2D eigenvalue weighted by atomic mass is 10.1. The van der Waals surface area contributed by atoms with Gasteiger partial charge in [0.1, 0.15) is 0 Å². The zero-order valence-corrected chi connectivity index (χ0v) is 18.5. The minimum atomic E-state index is -0.321. The maximum Gasteiger partial charge on any atom is 0.319 e. The van der Waals surface area contributed by atoms with Crippen LogP contribution >= 0.6 is 31.9 Å². The number of hydrogen-bond acceptors (Lipinski definition) is 3. The lowest BCUT2D eigenvalue weighted by molar-refractivity contribution is 0.0951. The Kier molecular flexibility index (Phi) is 7.37. The molecule has 3 amide bonds. The van der Waals surface area contributed by atoms with Gasteiger partial charge in [0.25, 0.3) is 5.91 Å². The van der Waals surface area contributed by atoms with E-state index in [4.69, 9.17) is 0 Å². The van der Waals surface area contributed by atoms with Gasteiger partial charge >= 0.3 is 6.03 Å². The van der Waals surface area contributed by atoms with Gasteiger partial charge in [-0.25, -0.2) is 4.79 Å². The zero-order valence-electron chi connectivity index (χ0n) is 15.3. The van der Waals surface area contributed by atoms with E-state index in [-0.39, 0.29) is 11.9 Å². The van der Waals surface area contributed by atoms with Gasteiger partial charge in [0.15, 0.2) is 0 Å². The monoisotopic (exact) mass is 516 g/mol. The van der Waals surface area contributed by atoms with Gasteiger partial charge in [-0.15, -0.1) is 0 Å². The molecule has 2 aromatic carbocycles. The molecule has 3 rings (SSSR count). The molecular formula is C21H18Br2N4O2. The lowest BCUT2D eigenvalue weighted by Gasteiger charge is -2.10. The predicted octanol–water partition coefficient (Wildman–Crippen LogP) is 4.86. The number of halogens is 2. The number of benzene rings is 2. The number of anilines is 1. The van der Waals surface area contributed by atoms with Gasteiger partial charge in [0.05, 0.1) is 0 Å². The molecule has 6 nitrogen and oxygen atoms in total. The van der Waals surface area contributed by atoms with Crippen LogP contribution in [-0.2, 0) is 13.1 Å². The summed E-state index contributed by atoms with van der Waals surface area (Å²) in [6.45, 7) is 0.789. The fourth-order valence-electron chi connectivity index (χ4n) is 2.54. The van der Waals surface area contributed by atoms with Crippen molar-refractivity contribution in [2.24, 2.45) is 0 Å². The number of amides is 3. The summed E-state index contributed by atoms with van der Waals surface area (Å²) in [5.74, 6) is -0.193. The van der Waals surface area contributed by atoms with E-state index in [1.54, 1.807) is 36.7 Å². The van der Waals surface area contributed by atoms with E-state index < -0.39 is 0 Å². The lowest BCUT2D eigenvalue weighted by Crippen LogP contribution is -2.28. The molecule has 0 saturated carbocycles. The van der Waals surface area contributed by atoms with Crippen molar-refractivity contribution in [2.75, 3.05) is 5.32 Å². The summed E-state index contributed by atoms with van der Waals surface area (Å²) in [6, 6.07) is 15.8. The van der Waals surface area contributed by atoms with Crippen molar-refractivity contribution in [1.82, 2.24) is 15.6 Å². The zero-order chi connectivity index (χ0) is 20.6. The summed E-state index contributed by atoms with van der Waals surface area (Å²) in [5.41, 5.74) is 3.03. The Morgan fingerprint density at radius 1 is 0.828 bits per heavy atom. The van der Waals surface area contributed by atoms with E-state index in [1.165, 1.54) is 0 Å². The number of aromatic nitrogens is 1. The number of hydrogen-bond donors (Lipinski definition) is 3. The van der Waals surface area contributed by atoms with E-state index in [2.05, 4.69) is 52.8 Å². The van der Waals surface area contributed by atoms with Gasteiger partial charge < -0.3 is 16.0 Å². The second-order valence-electron chi connectivity index (χ2n) is 6.12. The van der Waals surface area contributed by atoms with Crippen LogP contribution in [-0.4, -0.2) is 16.9 Å². The average Bonchev–Trinajstić information content (AvgIpc) is 2.73. The highest BCUT2D eigenvalue weighted by molar-refractivity contribution is 9.11. The highest BCUT2D eigenvalue weighted by Crippen LogP contribution is 2.25. The second-order valence-corrected chi connectivity index (χ2v) is 7.83. The standard InChI is InChI=1S/C21H18Br2N4O2/c22-18-2-1-3-19(23)17(18)13-25-20(28)15-4-6-16(7-5-15)27-21(29)26-12-14-8-10-24-11-9-14/h1-11H,12-13H2,(H,25,28)(H2,26,27,29). The van der Waals surface area contributed by atoms with Crippen molar-refractivity contribution >= 4 is 49.5 Å². The molecule has 1 aromatic heterocycles. The average molecular weight is 518 g/mol. The van der Waals surface area contributed by atoms with Crippen molar-refractivity contribution < 1.29 is 9.59 Å². The van der Waals surface area contributed by atoms with Crippen LogP contribution < -0.4 is 16.0 Å². The van der Waals surface area contributed by atoms with Crippen LogP contribution in [0.4, 0.5) is 10.5 Å². The highest BCUT2D eigenvalue weighted by atomic mass is 79.9. The van der Waals surface area contributed by atoms with Crippen molar-refractivity contribution in [3.8, 4) is 0 Å². The predicted molar refractivity (Wildman–Crippen MR) is 120 cm³/mol. The highest BCUT2D eigenvalue weighted by Gasteiger charge is 2.09. The number of rotatable bonds is 6. The van der Waals surface area contributed by atoms with Gasteiger partial charge in [0, 0.05) is 45.7 Å². The molecule has 3 aromatic rings. The molecule has 0 unspecified atom stereocenters. The third kappa shape index (κ3) is 6.13. The fraction of sp³-hybridized carbons (Fsp3) is 0.0952. The first kappa shape index (κ1) is 21.0. The summed E-state index contributed by atoms with van der Waals surface area (Å²) in [4.78, 5) is 28.3. The molecule has 0 bridgehead atoms. The van der Waals surface area contributed by atoms with Gasteiger partial charge in [-0.1, -0.05) is 37.9 Å². The number of pyridine rings is 1. The number of carbonyl (C=O) groups is 2. The number of nitrogens with zero attached hydrogens (tertiary/aromatic N) is 1. The van der Waals surface area contributed by atoms with Crippen molar-refractivity contribution in [2.45, 2.75) is 13.1 Å². The Hall–Kier alpha value is -2.71. The van der Waals surface area contributed by atoms with Gasteiger partial charge in [0.2, 0.25) is 0 Å². The van der Waals surface area contributed by atoms with Crippen LogP contribution in [0.15, 0.2) is 75.9 Å². The SMILES string of the molecule is O=C(NCc1ccncc1)Nc1ccc(C(=O)NCc2c(Br)cccc2Br)cc1. The molecule has 0 fully saturated rings. The van der Waals surface area contributed by atoms with Gasteiger partial charge in [-0.2, -0.15) is 0 Å². The van der Waals surface area contributed by atoms with Crippen LogP contribution in [0.2, 0.25) is 0 Å². The number of urea groups is 1. The Bertz CT molecular complexity index is 975. The molecule has 0 aliphatic carbocycles. The Morgan fingerprint density at radius 3 is 2.14 bits per heavy atom. The van der Waals surface area contributed by atoms with E-state index in [0.29, 0.717) is 24.3 Å². The maximum atomic E-state index is 12.4. The van der Waals surface area contributed by atoms with Crippen LogP contribution in [0.5, 0.6) is 0 Å². The van der Waals surface area contributed by atoms with E-state index in [0.717, 1.165) is 20.1 Å². The Morgan fingerprint density at radius 2 is 1.48 bits per heavy atom. The quantitative estimate of drug-likeness (QED) is 0.436. The molecule has 0 radical (unpaired) electrons. The molecule has 3 N–H and O–H groups in total. The van der Waals surface area contributed by atoms with Gasteiger partial charge in [-0.05, 0) is 59.7 Å². The Balaban J connectivity index is 1.51. The van der Waals surface area contributed by atoms with E-state index in [1.807, 2.05) is 30.3 Å². The van der Waals surface area contributed by atoms with Crippen molar-refractivity contribution in [3.05, 3.63) is 92.6 Å². The first-order valence-electron chi connectivity index (χ1n) is 8.78. The van der Waals surface area contributed by atoms with E-state index in [9.17, 15) is 9.59 Å². The maximum absolute atomic E-state index is 12.4.